The highest BCUT2D eigenvalue weighted by Gasteiger charge is 2.41. The fourth-order valence-corrected chi connectivity index (χ4v) is 6.76. The Kier molecular flexibility index (Phi) is 5.13. The van der Waals surface area contributed by atoms with Crippen molar-refractivity contribution < 1.29 is 0 Å². The van der Waals surface area contributed by atoms with E-state index in [9.17, 15) is 0 Å². The SMILES string of the molecule is CC1(C)C2=CC=C(C(C3=CCC3)C2)C(C)(C)c2ccc([nH]2)C(C)(C)c2ccc([nH]2)C(C)(C)c2ccc1[nH]2. The number of hydrogen-bond donors (Lipinski definition) is 3. The van der Waals surface area contributed by atoms with E-state index in [2.05, 4.69) is 125 Å². The van der Waals surface area contributed by atoms with Gasteiger partial charge in [0.05, 0.1) is 0 Å². The zero-order valence-electron chi connectivity index (χ0n) is 23.9. The van der Waals surface area contributed by atoms with Gasteiger partial charge in [-0.2, -0.15) is 0 Å². The molecule has 2 aliphatic heterocycles. The van der Waals surface area contributed by atoms with Crippen LogP contribution in [0.4, 0.5) is 0 Å². The second kappa shape index (κ2) is 7.79. The zero-order chi connectivity index (χ0) is 26.4. The number of allylic oxidation sites excluding steroid dienone is 6. The summed E-state index contributed by atoms with van der Waals surface area (Å²) in [7, 11) is 0. The van der Waals surface area contributed by atoms with Gasteiger partial charge in [-0.25, -0.2) is 0 Å². The van der Waals surface area contributed by atoms with E-state index in [1.165, 1.54) is 58.2 Å². The number of aromatic nitrogens is 3. The van der Waals surface area contributed by atoms with Gasteiger partial charge in [0.15, 0.2) is 0 Å². The molecule has 4 aliphatic rings. The minimum absolute atomic E-state index is 0.0699. The van der Waals surface area contributed by atoms with Crippen molar-refractivity contribution in [2.24, 2.45) is 5.92 Å². The minimum Gasteiger partial charge on any atom is -0.361 e. The van der Waals surface area contributed by atoms with E-state index in [1.54, 1.807) is 5.57 Å². The maximum atomic E-state index is 3.89. The first-order valence-corrected chi connectivity index (χ1v) is 14.0. The van der Waals surface area contributed by atoms with Crippen LogP contribution in [-0.4, -0.2) is 15.0 Å². The lowest BCUT2D eigenvalue weighted by atomic mass is 9.63. The van der Waals surface area contributed by atoms with Gasteiger partial charge in [0.2, 0.25) is 0 Å². The van der Waals surface area contributed by atoms with Crippen molar-refractivity contribution in [3.05, 3.63) is 106 Å². The average Bonchev–Trinajstić information content (AvgIpc) is 3.58. The molecule has 3 aromatic heterocycles. The molecule has 7 rings (SSSR count). The van der Waals surface area contributed by atoms with Crippen molar-refractivity contribution in [1.29, 1.82) is 0 Å². The summed E-state index contributed by atoms with van der Waals surface area (Å²) in [5.41, 5.74) is 11.8. The van der Waals surface area contributed by atoms with Gasteiger partial charge in [-0.1, -0.05) is 62.6 Å². The van der Waals surface area contributed by atoms with Gasteiger partial charge in [-0.05, 0) is 83.4 Å². The maximum Gasteiger partial charge on any atom is 0.0447 e. The molecule has 0 saturated heterocycles. The number of H-pyrrole nitrogens is 3. The topological polar surface area (TPSA) is 47.4 Å². The zero-order valence-corrected chi connectivity index (χ0v) is 23.9. The molecule has 194 valence electrons. The summed E-state index contributed by atoms with van der Waals surface area (Å²) in [6, 6.07) is 13.8. The Bertz CT molecular complexity index is 1450. The van der Waals surface area contributed by atoms with Crippen molar-refractivity contribution in [2.75, 3.05) is 0 Å². The van der Waals surface area contributed by atoms with Crippen LogP contribution in [0.1, 0.15) is 109 Å². The van der Waals surface area contributed by atoms with Gasteiger partial charge >= 0.3 is 0 Å². The third-order valence-corrected chi connectivity index (χ3v) is 10.2. The van der Waals surface area contributed by atoms with Gasteiger partial charge in [0, 0.05) is 61.7 Å². The first kappa shape index (κ1) is 24.4. The highest BCUT2D eigenvalue weighted by atomic mass is 14.8. The molecular weight excluding hydrogens is 450 g/mol. The van der Waals surface area contributed by atoms with E-state index >= 15 is 0 Å². The van der Waals surface area contributed by atoms with E-state index < -0.39 is 0 Å². The number of aromatic amines is 3. The molecule has 1 atom stereocenters. The largest absolute Gasteiger partial charge is 0.361 e. The Labute approximate surface area is 222 Å². The molecule has 0 amide bonds. The van der Waals surface area contributed by atoms with Crippen LogP contribution in [0, 0.1) is 5.92 Å². The highest BCUT2D eigenvalue weighted by molar-refractivity contribution is 5.48. The molecule has 3 aromatic rings. The molecule has 0 spiro atoms. The molecule has 3 nitrogen and oxygen atoms in total. The Morgan fingerprint density at radius 3 is 1.38 bits per heavy atom. The van der Waals surface area contributed by atoms with Crippen molar-refractivity contribution >= 4 is 0 Å². The lowest BCUT2D eigenvalue weighted by molar-refractivity contribution is 0.461. The molecule has 0 aromatic carbocycles. The quantitative estimate of drug-likeness (QED) is 0.285. The third-order valence-electron chi connectivity index (χ3n) is 10.2. The molecule has 2 aliphatic carbocycles. The Hall–Kier alpha value is -2.94. The second-order valence-corrected chi connectivity index (χ2v) is 13.7. The minimum atomic E-state index is -0.163. The first-order chi connectivity index (χ1) is 17.3. The summed E-state index contributed by atoms with van der Waals surface area (Å²) in [6.45, 7) is 18.8. The summed E-state index contributed by atoms with van der Waals surface area (Å²) < 4.78 is 0. The monoisotopic (exact) mass is 493 g/mol. The molecular formula is C34H43N3. The van der Waals surface area contributed by atoms with E-state index in [-0.39, 0.29) is 21.7 Å². The van der Waals surface area contributed by atoms with Crippen molar-refractivity contribution in [2.45, 2.75) is 96.3 Å². The first-order valence-electron chi connectivity index (χ1n) is 14.0. The van der Waals surface area contributed by atoms with Crippen LogP contribution in [0.2, 0.25) is 0 Å². The van der Waals surface area contributed by atoms with Crippen LogP contribution in [0.5, 0.6) is 0 Å². The average molecular weight is 494 g/mol. The fourth-order valence-electron chi connectivity index (χ4n) is 6.76. The van der Waals surface area contributed by atoms with Crippen LogP contribution in [0.25, 0.3) is 0 Å². The molecule has 0 radical (unpaired) electrons. The Morgan fingerprint density at radius 1 is 0.568 bits per heavy atom. The van der Waals surface area contributed by atoms with E-state index in [4.69, 9.17) is 0 Å². The molecule has 3 N–H and O–H groups in total. The van der Waals surface area contributed by atoms with Crippen LogP contribution in [-0.2, 0) is 21.7 Å². The lowest BCUT2D eigenvalue weighted by Crippen LogP contribution is -2.33. The van der Waals surface area contributed by atoms with Gasteiger partial charge in [-0.15, -0.1) is 0 Å². The van der Waals surface area contributed by atoms with Crippen molar-refractivity contribution in [1.82, 2.24) is 15.0 Å². The van der Waals surface area contributed by atoms with Crippen molar-refractivity contribution in [3.8, 4) is 0 Å². The molecule has 0 saturated carbocycles. The normalized spacial score (nSPS) is 25.0. The Balaban J connectivity index is 1.58. The van der Waals surface area contributed by atoms with Crippen LogP contribution >= 0.6 is 0 Å². The van der Waals surface area contributed by atoms with Crippen LogP contribution in [0.15, 0.2) is 71.3 Å². The summed E-state index contributed by atoms with van der Waals surface area (Å²) in [4.78, 5) is 11.6. The number of fused-ring (bicyclic) bond motifs is 2. The van der Waals surface area contributed by atoms with E-state index in [0.29, 0.717) is 5.92 Å². The van der Waals surface area contributed by atoms with Crippen LogP contribution < -0.4 is 0 Å². The third kappa shape index (κ3) is 3.53. The molecule has 3 heteroatoms. The summed E-state index contributed by atoms with van der Waals surface area (Å²) in [6.07, 6.45) is 10.9. The predicted molar refractivity (Wildman–Crippen MR) is 154 cm³/mol. The number of nitrogens with one attached hydrogen (secondary N) is 3. The van der Waals surface area contributed by atoms with Crippen LogP contribution in [0.3, 0.4) is 0 Å². The molecule has 5 heterocycles. The fraction of sp³-hybridized carbons (Fsp3) is 0.471. The maximum absolute atomic E-state index is 3.89. The molecule has 0 fully saturated rings. The number of hydrogen-bond acceptors (Lipinski definition) is 0. The summed E-state index contributed by atoms with van der Waals surface area (Å²) in [5, 5.41) is 0. The van der Waals surface area contributed by atoms with Crippen molar-refractivity contribution in [3.63, 3.8) is 0 Å². The standard InChI is InChI=1S/C34H43N3/c1-31(2)22-12-13-24(23(20-22)21-10-9-11-21)32(3,4)26-15-17-28(36-26)34(7,8)30-19-18-29(37-30)33(5,6)27-16-14-25(31)35-27/h10,12-19,23,35-37H,9,11,20H2,1-8H3. The summed E-state index contributed by atoms with van der Waals surface area (Å²) >= 11 is 0. The molecule has 37 heavy (non-hydrogen) atoms. The Morgan fingerprint density at radius 2 is 0.973 bits per heavy atom. The smallest absolute Gasteiger partial charge is 0.0447 e. The van der Waals surface area contributed by atoms with Gasteiger partial charge in [0.25, 0.3) is 0 Å². The highest BCUT2D eigenvalue weighted by Crippen LogP contribution is 2.50. The van der Waals surface area contributed by atoms with E-state index in [1.807, 2.05) is 0 Å². The molecule has 8 bridgehead atoms. The second-order valence-electron chi connectivity index (χ2n) is 13.7. The molecule has 1 unspecified atom stereocenters. The van der Waals surface area contributed by atoms with E-state index in [0.717, 1.165) is 6.42 Å². The van der Waals surface area contributed by atoms with Gasteiger partial charge in [0.1, 0.15) is 0 Å². The number of rotatable bonds is 1. The van der Waals surface area contributed by atoms with Gasteiger partial charge in [-0.3, -0.25) is 0 Å². The predicted octanol–water partition coefficient (Wildman–Crippen LogP) is 8.48. The summed E-state index contributed by atoms with van der Waals surface area (Å²) in [5.74, 6) is 0.467. The van der Waals surface area contributed by atoms with Gasteiger partial charge < -0.3 is 15.0 Å². The lowest BCUT2D eigenvalue weighted by Gasteiger charge is -2.41.